The second-order valence-corrected chi connectivity index (χ2v) is 8.12. The molecule has 8 heteroatoms. The van der Waals surface area contributed by atoms with Gasteiger partial charge in [-0.25, -0.2) is 0 Å². The number of piperidine rings is 1. The Morgan fingerprint density at radius 1 is 1.25 bits per heavy atom. The van der Waals surface area contributed by atoms with Gasteiger partial charge in [0, 0.05) is 37.8 Å². The number of hydrogen-bond acceptors (Lipinski definition) is 5. The quantitative estimate of drug-likeness (QED) is 0.781. The van der Waals surface area contributed by atoms with Gasteiger partial charge >= 0.3 is 0 Å². The summed E-state index contributed by atoms with van der Waals surface area (Å²) in [5.41, 5.74) is 0.979. The third-order valence-electron chi connectivity index (χ3n) is 5.56. The van der Waals surface area contributed by atoms with Crippen LogP contribution < -0.4 is 5.32 Å². The lowest BCUT2D eigenvalue weighted by molar-refractivity contribution is -0.148. The molecule has 2 aliphatic rings. The predicted molar refractivity (Wildman–Crippen MR) is 106 cm³/mol. The number of ether oxygens (including phenoxy) is 1. The first kappa shape index (κ1) is 20.8. The van der Waals surface area contributed by atoms with E-state index in [1.807, 2.05) is 38.2 Å². The molecule has 3 rings (SSSR count). The first-order chi connectivity index (χ1) is 13.5. The molecular weight excluding hydrogens is 358 g/mol. The van der Waals surface area contributed by atoms with Crippen LogP contribution in [0.4, 0.5) is 0 Å². The van der Waals surface area contributed by atoms with Crippen molar-refractivity contribution in [2.45, 2.75) is 45.3 Å². The summed E-state index contributed by atoms with van der Waals surface area (Å²) in [6.07, 6.45) is 7.39. The number of rotatable bonds is 6. The number of nitrogens with zero attached hydrogens (tertiary/aromatic N) is 4. The van der Waals surface area contributed by atoms with Crippen molar-refractivity contribution in [3.8, 4) is 0 Å². The highest BCUT2D eigenvalue weighted by Crippen LogP contribution is 2.30. The largest absolute Gasteiger partial charge is 0.373 e. The number of carbonyl (C=O) groups excluding carboxylic acids is 2. The lowest BCUT2D eigenvalue weighted by Gasteiger charge is -2.43. The standard InChI is InChI=1S/C20H33N5O3/c1-15(2)20(27)21-12-18(26)25-9-10-28-17(14-24-7-5-4-6-8-24)19(25)16-11-22-23(3)13-16/h11,13,15,17,19H,4-10,12,14H2,1-3H3,(H,21,27)/t17-,19-/m0/s1. The van der Waals surface area contributed by atoms with E-state index in [-0.39, 0.29) is 36.4 Å². The highest BCUT2D eigenvalue weighted by atomic mass is 16.5. The summed E-state index contributed by atoms with van der Waals surface area (Å²) in [5, 5.41) is 7.05. The number of likely N-dealkylation sites (tertiary alicyclic amines) is 1. The van der Waals surface area contributed by atoms with Crippen molar-refractivity contribution in [2.24, 2.45) is 13.0 Å². The number of aryl methyl sites for hydroxylation is 1. The molecule has 2 atom stereocenters. The minimum absolute atomic E-state index is 0.0181. The van der Waals surface area contributed by atoms with E-state index in [1.165, 1.54) is 19.3 Å². The van der Waals surface area contributed by atoms with Gasteiger partial charge < -0.3 is 19.9 Å². The van der Waals surface area contributed by atoms with Crippen LogP contribution in [-0.4, -0.2) is 76.8 Å². The van der Waals surface area contributed by atoms with E-state index in [2.05, 4.69) is 15.3 Å². The van der Waals surface area contributed by atoms with Crippen LogP contribution in [0.3, 0.4) is 0 Å². The topological polar surface area (TPSA) is 79.7 Å². The summed E-state index contributed by atoms with van der Waals surface area (Å²) in [6, 6.07) is -0.187. The zero-order valence-corrected chi connectivity index (χ0v) is 17.3. The van der Waals surface area contributed by atoms with Gasteiger partial charge in [-0.05, 0) is 25.9 Å². The molecule has 1 aromatic heterocycles. The summed E-state index contributed by atoms with van der Waals surface area (Å²) < 4.78 is 7.90. The number of aromatic nitrogens is 2. The summed E-state index contributed by atoms with van der Waals surface area (Å²) in [7, 11) is 1.88. The van der Waals surface area contributed by atoms with Gasteiger partial charge in [-0.1, -0.05) is 20.3 Å². The molecule has 0 saturated carbocycles. The molecule has 2 saturated heterocycles. The Morgan fingerprint density at radius 2 is 2.00 bits per heavy atom. The van der Waals surface area contributed by atoms with Gasteiger partial charge in [-0.3, -0.25) is 14.3 Å². The van der Waals surface area contributed by atoms with E-state index in [0.717, 1.165) is 25.2 Å². The number of amides is 2. The molecule has 0 aliphatic carbocycles. The maximum atomic E-state index is 13.0. The molecule has 0 bridgehead atoms. The zero-order valence-electron chi connectivity index (χ0n) is 17.3. The van der Waals surface area contributed by atoms with Crippen molar-refractivity contribution in [1.29, 1.82) is 0 Å². The van der Waals surface area contributed by atoms with Crippen molar-refractivity contribution >= 4 is 11.8 Å². The fourth-order valence-corrected chi connectivity index (χ4v) is 4.02. The average molecular weight is 392 g/mol. The van der Waals surface area contributed by atoms with Crippen LogP contribution in [0.5, 0.6) is 0 Å². The molecule has 8 nitrogen and oxygen atoms in total. The fraction of sp³-hybridized carbons (Fsp3) is 0.750. The summed E-state index contributed by atoms with van der Waals surface area (Å²) in [6.45, 7) is 7.66. The SMILES string of the molecule is CC(C)C(=O)NCC(=O)N1CCO[C@@H](CN2CCCCC2)[C@@H]1c1cnn(C)c1. The normalized spacial score (nSPS) is 23.8. The molecule has 1 N–H and O–H groups in total. The molecule has 2 amide bonds. The molecule has 0 radical (unpaired) electrons. The van der Waals surface area contributed by atoms with Crippen LogP contribution in [0.1, 0.15) is 44.7 Å². The van der Waals surface area contributed by atoms with Gasteiger partial charge in [-0.2, -0.15) is 5.10 Å². The van der Waals surface area contributed by atoms with E-state index < -0.39 is 0 Å². The Bertz CT molecular complexity index is 669. The Morgan fingerprint density at radius 3 is 2.64 bits per heavy atom. The lowest BCUT2D eigenvalue weighted by Crippen LogP contribution is -2.54. The third-order valence-corrected chi connectivity index (χ3v) is 5.56. The molecule has 2 aliphatic heterocycles. The zero-order chi connectivity index (χ0) is 20.1. The smallest absolute Gasteiger partial charge is 0.242 e. The highest BCUT2D eigenvalue weighted by molar-refractivity contribution is 5.85. The van der Waals surface area contributed by atoms with E-state index in [1.54, 1.807) is 4.68 Å². The molecule has 156 valence electrons. The number of nitrogens with one attached hydrogen (secondary N) is 1. The molecule has 3 heterocycles. The van der Waals surface area contributed by atoms with E-state index >= 15 is 0 Å². The summed E-state index contributed by atoms with van der Waals surface area (Å²) in [5.74, 6) is -0.322. The molecule has 2 fully saturated rings. The van der Waals surface area contributed by atoms with Gasteiger partial charge in [0.1, 0.15) is 0 Å². The van der Waals surface area contributed by atoms with E-state index in [9.17, 15) is 9.59 Å². The monoisotopic (exact) mass is 391 g/mol. The highest BCUT2D eigenvalue weighted by Gasteiger charge is 2.38. The van der Waals surface area contributed by atoms with Crippen LogP contribution in [0, 0.1) is 5.92 Å². The fourth-order valence-electron chi connectivity index (χ4n) is 4.02. The van der Waals surface area contributed by atoms with Crippen molar-refractivity contribution < 1.29 is 14.3 Å². The van der Waals surface area contributed by atoms with Crippen molar-refractivity contribution in [3.05, 3.63) is 18.0 Å². The first-order valence-corrected chi connectivity index (χ1v) is 10.4. The number of morpholine rings is 1. The minimum Gasteiger partial charge on any atom is -0.373 e. The second kappa shape index (κ2) is 9.52. The molecule has 0 unspecified atom stereocenters. The summed E-state index contributed by atoms with van der Waals surface area (Å²) >= 11 is 0. The van der Waals surface area contributed by atoms with Crippen LogP contribution in [0.2, 0.25) is 0 Å². The van der Waals surface area contributed by atoms with Gasteiger partial charge in [0.05, 0.1) is 31.5 Å². The molecular formula is C20H33N5O3. The van der Waals surface area contributed by atoms with E-state index in [4.69, 9.17) is 4.74 Å². The Kier molecular flexibility index (Phi) is 7.07. The maximum absolute atomic E-state index is 13.0. The summed E-state index contributed by atoms with van der Waals surface area (Å²) in [4.78, 5) is 29.1. The third kappa shape index (κ3) is 5.11. The van der Waals surface area contributed by atoms with Crippen molar-refractivity contribution in [3.63, 3.8) is 0 Å². The average Bonchev–Trinajstić information content (AvgIpc) is 3.12. The number of hydrogen-bond donors (Lipinski definition) is 1. The first-order valence-electron chi connectivity index (χ1n) is 10.4. The van der Waals surface area contributed by atoms with Gasteiger partial charge in [0.25, 0.3) is 0 Å². The van der Waals surface area contributed by atoms with Gasteiger partial charge in [-0.15, -0.1) is 0 Å². The number of carbonyl (C=O) groups is 2. The van der Waals surface area contributed by atoms with Crippen LogP contribution >= 0.6 is 0 Å². The van der Waals surface area contributed by atoms with Crippen LogP contribution in [0.15, 0.2) is 12.4 Å². The van der Waals surface area contributed by atoms with Crippen molar-refractivity contribution in [1.82, 2.24) is 24.9 Å². The van der Waals surface area contributed by atoms with Crippen LogP contribution in [0.25, 0.3) is 0 Å². The molecule has 1 aromatic rings. The van der Waals surface area contributed by atoms with E-state index in [0.29, 0.717) is 13.2 Å². The minimum atomic E-state index is -0.187. The second-order valence-electron chi connectivity index (χ2n) is 8.12. The van der Waals surface area contributed by atoms with Gasteiger partial charge in [0.2, 0.25) is 11.8 Å². The van der Waals surface area contributed by atoms with Crippen molar-refractivity contribution in [2.75, 3.05) is 39.3 Å². The Labute approximate surface area is 167 Å². The van der Waals surface area contributed by atoms with Gasteiger partial charge in [0.15, 0.2) is 0 Å². The molecule has 0 spiro atoms. The maximum Gasteiger partial charge on any atom is 0.242 e. The van der Waals surface area contributed by atoms with Crippen LogP contribution in [-0.2, 0) is 21.4 Å². The predicted octanol–water partition coefficient (Wildman–Crippen LogP) is 0.947. The molecule has 0 aromatic carbocycles. The Hall–Kier alpha value is -1.93. The Balaban J connectivity index is 1.74. The molecule has 28 heavy (non-hydrogen) atoms. The lowest BCUT2D eigenvalue weighted by atomic mass is 9.99.